The second-order valence-corrected chi connectivity index (χ2v) is 8.71. The van der Waals surface area contributed by atoms with Crippen LogP contribution in [0.25, 0.3) is 0 Å². The molecule has 0 spiro atoms. The maximum atomic E-state index is 3.70. The van der Waals surface area contributed by atoms with Crippen molar-refractivity contribution in [2.75, 3.05) is 6.54 Å². The lowest BCUT2D eigenvalue weighted by molar-refractivity contribution is 0.596. The van der Waals surface area contributed by atoms with Gasteiger partial charge in [0.25, 0.3) is 0 Å². The van der Waals surface area contributed by atoms with Crippen molar-refractivity contribution in [1.29, 1.82) is 0 Å². The van der Waals surface area contributed by atoms with Crippen molar-refractivity contribution in [3.8, 4) is 0 Å². The zero-order chi connectivity index (χ0) is 14.7. The highest BCUT2D eigenvalue weighted by Crippen LogP contribution is 2.38. The fourth-order valence-electron chi connectivity index (χ4n) is 2.31. The molecule has 0 saturated heterocycles. The molecule has 0 saturated carbocycles. The molecule has 0 aliphatic heterocycles. The summed E-state index contributed by atoms with van der Waals surface area (Å²) in [7, 11) is 0. The van der Waals surface area contributed by atoms with Gasteiger partial charge in [-0.3, -0.25) is 0 Å². The average molecular weight is 417 g/mol. The van der Waals surface area contributed by atoms with Crippen LogP contribution in [0.2, 0.25) is 0 Å². The van der Waals surface area contributed by atoms with Crippen molar-refractivity contribution in [2.24, 2.45) is 0 Å². The van der Waals surface area contributed by atoms with Gasteiger partial charge in [-0.15, -0.1) is 11.3 Å². The molecule has 1 heterocycles. The monoisotopic (exact) mass is 415 g/mol. The zero-order valence-corrected chi connectivity index (χ0v) is 16.0. The van der Waals surface area contributed by atoms with E-state index in [-0.39, 0.29) is 6.04 Å². The Hall–Kier alpha value is -0.160. The van der Waals surface area contributed by atoms with Crippen LogP contribution in [0.4, 0.5) is 0 Å². The van der Waals surface area contributed by atoms with E-state index in [9.17, 15) is 0 Å². The fourth-order valence-corrected chi connectivity index (χ4v) is 5.21. The maximum Gasteiger partial charge on any atom is 0.0761 e. The van der Waals surface area contributed by atoms with Crippen LogP contribution in [0.5, 0.6) is 0 Å². The summed E-state index contributed by atoms with van der Waals surface area (Å²) in [5, 5.41) is 3.68. The predicted molar refractivity (Wildman–Crippen MR) is 95.8 cm³/mol. The van der Waals surface area contributed by atoms with Gasteiger partial charge in [0.1, 0.15) is 0 Å². The maximum absolute atomic E-state index is 3.70. The molecular weight excluding hydrogens is 398 g/mol. The van der Waals surface area contributed by atoms with Gasteiger partial charge in [0.05, 0.1) is 13.6 Å². The summed E-state index contributed by atoms with van der Waals surface area (Å²) in [4.78, 5) is 0. The molecule has 108 valence electrons. The molecule has 1 N–H and O–H groups in total. The van der Waals surface area contributed by atoms with Crippen molar-refractivity contribution in [3.63, 3.8) is 0 Å². The van der Waals surface area contributed by atoms with Gasteiger partial charge in [0.2, 0.25) is 0 Å². The van der Waals surface area contributed by atoms with E-state index in [0.29, 0.717) is 0 Å². The lowest BCUT2D eigenvalue weighted by Crippen LogP contribution is -2.24. The summed E-state index contributed by atoms with van der Waals surface area (Å²) in [6, 6.07) is 9.01. The predicted octanol–water partition coefficient (Wildman–Crippen LogP) is 5.98. The Labute approximate surface area is 142 Å². The summed E-state index contributed by atoms with van der Waals surface area (Å²) >= 11 is 9.01. The van der Waals surface area contributed by atoms with Crippen LogP contribution in [0, 0.1) is 13.8 Å². The third kappa shape index (κ3) is 3.53. The molecule has 1 nitrogen and oxygen atoms in total. The van der Waals surface area contributed by atoms with E-state index in [1.165, 1.54) is 26.0 Å². The van der Waals surface area contributed by atoms with Crippen LogP contribution in [0.3, 0.4) is 0 Å². The molecular formula is C16H19Br2NS. The van der Waals surface area contributed by atoms with E-state index < -0.39 is 0 Å². The lowest BCUT2D eigenvalue weighted by Gasteiger charge is -2.22. The van der Waals surface area contributed by atoms with E-state index in [1.807, 2.05) is 0 Å². The fraction of sp³-hybridized carbons (Fsp3) is 0.375. The molecule has 0 aliphatic carbocycles. The van der Waals surface area contributed by atoms with Crippen LogP contribution in [0.15, 0.2) is 31.8 Å². The topological polar surface area (TPSA) is 12.0 Å². The standard InChI is InChI=1S/C16H19Br2NS/c1-4-8-19-15(13-9-14(17)20-16(13)18)12-7-5-6-10(2)11(12)3/h5-7,9,15,19H,4,8H2,1-3H3. The van der Waals surface area contributed by atoms with Crippen molar-refractivity contribution >= 4 is 43.2 Å². The van der Waals surface area contributed by atoms with Gasteiger partial charge in [0, 0.05) is 0 Å². The molecule has 2 rings (SSSR count). The first-order chi connectivity index (χ1) is 9.54. The minimum absolute atomic E-state index is 0.242. The zero-order valence-electron chi connectivity index (χ0n) is 12.0. The van der Waals surface area contributed by atoms with Gasteiger partial charge < -0.3 is 5.32 Å². The van der Waals surface area contributed by atoms with Crippen molar-refractivity contribution in [2.45, 2.75) is 33.2 Å². The molecule has 1 aromatic heterocycles. The third-order valence-electron chi connectivity index (χ3n) is 3.55. The van der Waals surface area contributed by atoms with E-state index >= 15 is 0 Å². The Balaban J connectivity index is 2.47. The highest BCUT2D eigenvalue weighted by Gasteiger charge is 2.20. The summed E-state index contributed by atoms with van der Waals surface area (Å²) in [6.45, 7) is 7.60. The number of aryl methyl sites for hydroxylation is 1. The Morgan fingerprint density at radius 1 is 1.20 bits per heavy atom. The second-order valence-electron chi connectivity index (χ2n) is 4.96. The number of benzene rings is 1. The first kappa shape index (κ1) is 16.2. The second kappa shape index (κ2) is 7.21. The Morgan fingerprint density at radius 3 is 2.55 bits per heavy atom. The molecule has 2 aromatic rings. The van der Waals surface area contributed by atoms with E-state index in [0.717, 1.165) is 16.8 Å². The minimum Gasteiger partial charge on any atom is -0.306 e. The van der Waals surface area contributed by atoms with Gasteiger partial charge in [0.15, 0.2) is 0 Å². The van der Waals surface area contributed by atoms with Gasteiger partial charge in [-0.1, -0.05) is 25.1 Å². The Morgan fingerprint density at radius 2 is 1.95 bits per heavy atom. The molecule has 0 radical (unpaired) electrons. The summed E-state index contributed by atoms with van der Waals surface area (Å²) < 4.78 is 2.35. The summed E-state index contributed by atoms with van der Waals surface area (Å²) in [6.07, 6.45) is 1.13. The molecule has 20 heavy (non-hydrogen) atoms. The van der Waals surface area contributed by atoms with Crippen LogP contribution >= 0.6 is 43.2 Å². The summed E-state index contributed by atoms with van der Waals surface area (Å²) in [5.74, 6) is 0. The van der Waals surface area contributed by atoms with Crippen LogP contribution in [0.1, 0.15) is 41.6 Å². The first-order valence-corrected chi connectivity index (χ1v) is 9.19. The number of hydrogen-bond donors (Lipinski definition) is 1. The molecule has 0 fully saturated rings. The van der Waals surface area contributed by atoms with Gasteiger partial charge in [-0.05, 0) is 87.0 Å². The van der Waals surface area contributed by atoms with Crippen molar-refractivity contribution in [1.82, 2.24) is 5.32 Å². The van der Waals surface area contributed by atoms with E-state index in [4.69, 9.17) is 0 Å². The molecule has 1 aromatic carbocycles. The molecule has 1 atom stereocenters. The van der Waals surface area contributed by atoms with Crippen molar-refractivity contribution in [3.05, 3.63) is 54.1 Å². The van der Waals surface area contributed by atoms with Gasteiger partial charge >= 0.3 is 0 Å². The molecule has 1 unspecified atom stereocenters. The van der Waals surface area contributed by atoms with Crippen LogP contribution in [-0.2, 0) is 0 Å². The number of nitrogens with one attached hydrogen (secondary N) is 1. The third-order valence-corrected chi connectivity index (χ3v) is 5.94. The SMILES string of the molecule is CCCNC(c1cc(Br)sc1Br)c1cccc(C)c1C. The largest absolute Gasteiger partial charge is 0.306 e. The van der Waals surface area contributed by atoms with Gasteiger partial charge in [-0.25, -0.2) is 0 Å². The molecule has 0 amide bonds. The normalized spacial score (nSPS) is 12.7. The molecule has 0 bridgehead atoms. The van der Waals surface area contributed by atoms with E-state index in [2.05, 4.69) is 82.2 Å². The average Bonchev–Trinajstić information content (AvgIpc) is 2.74. The highest BCUT2D eigenvalue weighted by molar-refractivity contribution is 9.12. The number of hydrogen-bond acceptors (Lipinski definition) is 2. The smallest absolute Gasteiger partial charge is 0.0761 e. The number of halogens is 2. The number of rotatable bonds is 5. The quantitative estimate of drug-likeness (QED) is 0.632. The Kier molecular flexibility index (Phi) is 5.84. The molecule has 0 aliphatic rings. The van der Waals surface area contributed by atoms with Crippen LogP contribution in [-0.4, -0.2) is 6.54 Å². The molecule has 4 heteroatoms. The lowest BCUT2D eigenvalue weighted by atomic mass is 9.94. The summed E-state index contributed by atoms with van der Waals surface area (Å²) in [5.41, 5.74) is 5.39. The Bertz CT molecular complexity index is 592. The van der Waals surface area contributed by atoms with E-state index in [1.54, 1.807) is 11.3 Å². The highest BCUT2D eigenvalue weighted by atomic mass is 79.9. The first-order valence-electron chi connectivity index (χ1n) is 6.78. The minimum atomic E-state index is 0.242. The number of thiophene rings is 1. The van der Waals surface area contributed by atoms with Gasteiger partial charge in [-0.2, -0.15) is 0 Å². The van der Waals surface area contributed by atoms with Crippen LogP contribution < -0.4 is 5.32 Å². The van der Waals surface area contributed by atoms with Crippen molar-refractivity contribution < 1.29 is 0 Å².